The van der Waals surface area contributed by atoms with E-state index in [9.17, 15) is 0 Å². The van der Waals surface area contributed by atoms with Crippen molar-refractivity contribution >= 4 is 11.3 Å². The fourth-order valence-electron chi connectivity index (χ4n) is 2.80. The summed E-state index contributed by atoms with van der Waals surface area (Å²) < 4.78 is 0. The predicted octanol–water partition coefficient (Wildman–Crippen LogP) is 4.40. The van der Waals surface area contributed by atoms with Gasteiger partial charge in [-0.25, -0.2) is 0 Å². The van der Waals surface area contributed by atoms with Crippen LogP contribution in [0.2, 0.25) is 0 Å². The standard InChI is InChI=1S/C17H21NS/c1-12-4-3-5-14(6-12)15-7-17(8-15)18-9-16-11-19-10-13(16)2/h3-6,10-11,15,17-18H,7-9H2,1-2H3. The van der Waals surface area contributed by atoms with Gasteiger partial charge < -0.3 is 5.32 Å². The summed E-state index contributed by atoms with van der Waals surface area (Å²) >= 11 is 1.80. The van der Waals surface area contributed by atoms with Gasteiger partial charge in [0.05, 0.1) is 0 Å². The molecule has 1 saturated carbocycles. The molecule has 0 amide bonds. The quantitative estimate of drug-likeness (QED) is 0.869. The van der Waals surface area contributed by atoms with Crippen LogP contribution in [-0.4, -0.2) is 6.04 Å². The van der Waals surface area contributed by atoms with E-state index in [-0.39, 0.29) is 0 Å². The van der Waals surface area contributed by atoms with Gasteiger partial charge in [-0.1, -0.05) is 29.8 Å². The summed E-state index contributed by atoms with van der Waals surface area (Å²) in [4.78, 5) is 0. The molecule has 0 unspecified atom stereocenters. The van der Waals surface area contributed by atoms with E-state index in [1.807, 2.05) is 0 Å². The molecule has 1 aliphatic rings. The first-order chi connectivity index (χ1) is 9.22. The fraction of sp³-hybridized carbons (Fsp3) is 0.412. The lowest BCUT2D eigenvalue weighted by Gasteiger charge is -2.36. The number of thiophene rings is 1. The predicted molar refractivity (Wildman–Crippen MR) is 82.8 cm³/mol. The zero-order valence-corrected chi connectivity index (χ0v) is 12.5. The highest BCUT2D eigenvalue weighted by Gasteiger charge is 2.29. The molecule has 0 spiro atoms. The Morgan fingerprint density at radius 1 is 1.21 bits per heavy atom. The van der Waals surface area contributed by atoms with Crippen molar-refractivity contribution in [3.63, 3.8) is 0 Å². The van der Waals surface area contributed by atoms with Gasteiger partial charge in [0.1, 0.15) is 0 Å². The van der Waals surface area contributed by atoms with Crippen LogP contribution in [0.1, 0.15) is 41.0 Å². The van der Waals surface area contributed by atoms with Gasteiger partial charge in [-0.2, -0.15) is 11.3 Å². The SMILES string of the molecule is Cc1cccc(C2CC(NCc3cscc3C)C2)c1. The molecule has 3 rings (SSSR count). The third-order valence-electron chi connectivity index (χ3n) is 4.19. The second kappa shape index (κ2) is 5.48. The van der Waals surface area contributed by atoms with Crippen LogP contribution in [0.5, 0.6) is 0 Å². The zero-order valence-electron chi connectivity index (χ0n) is 11.6. The molecule has 1 N–H and O–H groups in total. The number of aryl methyl sites for hydroxylation is 2. The number of nitrogens with one attached hydrogen (secondary N) is 1. The van der Waals surface area contributed by atoms with Gasteiger partial charge in [0.15, 0.2) is 0 Å². The Kier molecular flexibility index (Phi) is 3.72. The molecule has 0 aliphatic heterocycles. The highest BCUT2D eigenvalue weighted by Crippen LogP contribution is 2.37. The van der Waals surface area contributed by atoms with Crippen LogP contribution in [0.3, 0.4) is 0 Å². The zero-order chi connectivity index (χ0) is 13.2. The molecule has 0 bridgehead atoms. The van der Waals surface area contributed by atoms with Crippen molar-refractivity contribution in [1.29, 1.82) is 0 Å². The molecule has 0 atom stereocenters. The Morgan fingerprint density at radius 3 is 2.74 bits per heavy atom. The Morgan fingerprint density at radius 2 is 2.05 bits per heavy atom. The second-order valence-corrected chi connectivity index (χ2v) is 6.48. The Bertz CT molecular complexity index is 552. The van der Waals surface area contributed by atoms with Gasteiger partial charge in [-0.05, 0) is 60.1 Å². The summed E-state index contributed by atoms with van der Waals surface area (Å²) in [6.45, 7) is 5.40. The summed E-state index contributed by atoms with van der Waals surface area (Å²) in [6, 6.07) is 9.67. The van der Waals surface area contributed by atoms with Crippen molar-refractivity contribution in [2.24, 2.45) is 0 Å². The van der Waals surface area contributed by atoms with Crippen molar-refractivity contribution in [3.8, 4) is 0 Å². The Hall–Kier alpha value is -1.12. The number of hydrogen-bond donors (Lipinski definition) is 1. The molecule has 1 aromatic heterocycles. The molecular formula is C17H21NS. The first-order valence-corrected chi connectivity index (χ1v) is 7.98. The minimum Gasteiger partial charge on any atom is -0.310 e. The molecule has 2 heteroatoms. The van der Waals surface area contributed by atoms with Crippen molar-refractivity contribution in [3.05, 3.63) is 57.3 Å². The van der Waals surface area contributed by atoms with Crippen molar-refractivity contribution in [2.75, 3.05) is 0 Å². The highest BCUT2D eigenvalue weighted by molar-refractivity contribution is 7.08. The molecule has 100 valence electrons. The number of hydrogen-bond acceptors (Lipinski definition) is 2. The Balaban J connectivity index is 1.49. The van der Waals surface area contributed by atoms with E-state index in [2.05, 4.69) is 54.2 Å². The van der Waals surface area contributed by atoms with Crippen LogP contribution < -0.4 is 5.32 Å². The molecule has 0 radical (unpaired) electrons. The highest BCUT2D eigenvalue weighted by atomic mass is 32.1. The smallest absolute Gasteiger partial charge is 0.0218 e. The summed E-state index contributed by atoms with van der Waals surface area (Å²) in [5.41, 5.74) is 5.78. The monoisotopic (exact) mass is 271 g/mol. The molecule has 19 heavy (non-hydrogen) atoms. The summed E-state index contributed by atoms with van der Waals surface area (Å²) in [5, 5.41) is 8.18. The largest absolute Gasteiger partial charge is 0.310 e. The van der Waals surface area contributed by atoms with Gasteiger partial charge in [0.2, 0.25) is 0 Å². The van der Waals surface area contributed by atoms with Crippen LogP contribution in [-0.2, 0) is 6.54 Å². The van der Waals surface area contributed by atoms with Crippen molar-refractivity contribution in [2.45, 2.75) is 45.2 Å². The lowest BCUT2D eigenvalue weighted by Crippen LogP contribution is -2.39. The maximum Gasteiger partial charge on any atom is 0.0218 e. The maximum atomic E-state index is 3.68. The van der Waals surface area contributed by atoms with E-state index in [1.54, 1.807) is 11.3 Å². The van der Waals surface area contributed by atoms with Gasteiger partial charge in [-0.3, -0.25) is 0 Å². The lowest BCUT2D eigenvalue weighted by atomic mass is 9.75. The second-order valence-electron chi connectivity index (χ2n) is 5.74. The summed E-state index contributed by atoms with van der Waals surface area (Å²) in [6.07, 6.45) is 2.57. The summed E-state index contributed by atoms with van der Waals surface area (Å²) in [5.74, 6) is 0.765. The van der Waals surface area contributed by atoms with Crippen LogP contribution in [0, 0.1) is 13.8 Å². The minimum atomic E-state index is 0.699. The van der Waals surface area contributed by atoms with E-state index in [4.69, 9.17) is 0 Å². The van der Waals surface area contributed by atoms with E-state index in [0.717, 1.165) is 12.5 Å². The lowest BCUT2D eigenvalue weighted by molar-refractivity contribution is 0.289. The van der Waals surface area contributed by atoms with Gasteiger partial charge in [-0.15, -0.1) is 0 Å². The van der Waals surface area contributed by atoms with Crippen molar-refractivity contribution < 1.29 is 0 Å². The van der Waals surface area contributed by atoms with Crippen LogP contribution in [0.25, 0.3) is 0 Å². The van der Waals surface area contributed by atoms with Gasteiger partial charge in [0.25, 0.3) is 0 Å². The average Bonchev–Trinajstić information content (AvgIpc) is 2.73. The maximum absolute atomic E-state index is 3.68. The molecule has 1 heterocycles. The number of benzene rings is 1. The fourth-order valence-corrected chi connectivity index (χ4v) is 3.66. The molecule has 0 saturated heterocycles. The normalized spacial score (nSPS) is 22.2. The molecule has 2 aromatic rings. The summed E-state index contributed by atoms with van der Waals surface area (Å²) in [7, 11) is 0. The van der Waals surface area contributed by atoms with E-state index in [0.29, 0.717) is 6.04 Å². The third-order valence-corrected chi connectivity index (χ3v) is 5.10. The molecule has 1 nitrogen and oxygen atoms in total. The van der Waals surface area contributed by atoms with Crippen LogP contribution in [0.4, 0.5) is 0 Å². The van der Waals surface area contributed by atoms with Crippen molar-refractivity contribution in [1.82, 2.24) is 5.32 Å². The third kappa shape index (κ3) is 2.90. The van der Waals surface area contributed by atoms with E-state index in [1.165, 1.54) is 35.1 Å². The van der Waals surface area contributed by atoms with Gasteiger partial charge in [0, 0.05) is 12.6 Å². The first-order valence-electron chi connectivity index (χ1n) is 7.04. The molecular weight excluding hydrogens is 250 g/mol. The number of rotatable bonds is 4. The molecule has 1 aromatic carbocycles. The first kappa shape index (κ1) is 12.9. The average molecular weight is 271 g/mol. The van der Waals surface area contributed by atoms with E-state index < -0.39 is 0 Å². The van der Waals surface area contributed by atoms with E-state index >= 15 is 0 Å². The van der Waals surface area contributed by atoms with Gasteiger partial charge >= 0.3 is 0 Å². The minimum absolute atomic E-state index is 0.699. The molecule has 1 aliphatic carbocycles. The van der Waals surface area contributed by atoms with Crippen LogP contribution >= 0.6 is 11.3 Å². The topological polar surface area (TPSA) is 12.0 Å². The van der Waals surface area contributed by atoms with Crippen LogP contribution in [0.15, 0.2) is 35.0 Å². The molecule has 1 fully saturated rings. The Labute approximate surface area is 119 Å².